The minimum Gasteiger partial charge on any atom is -0.353 e. The first-order chi connectivity index (χ1) is 14.5. The number of carbonyl (C=O) groups excluding carboxylic acids is 1. The molecule has 3 rings (SSSR count). The van der Waals surface area contributed by atoms with E-state index in [1.807, 2.05) is 57.4 Å². The highest BCUT2D eigenvalue weighted by molar-refractivity contribution is 7.99. The van der Waals surface area contributed by atoms with Crippen molar-refractivity contribution in [2.75, 3.05) is 26.4 Å². The van der Waals surface area contributed by atoms with E-state index in [1.54, 1.807) is 10.6 Å². The molecule has 1 atom stereocenters. The van der Waals surface area contributed by atoms with E-state index < -0.39 is 0 Å². The van der Waals surface area contributed by atoms with Crippen molar-refractivity contribution in [1.82, 2.24) is 19.8 Å². The summed E-state index contributed by atoms with van der Waals surface area (Å²) in [7, 11) is 4.00. The maximum absolute atomic E-state index is 12.8. The highest BCUT2D eigenvalue weighted by Crippen LogP contribution is 2.19. The molecular weight excluding hydrogens is 396 g/mol. The summed E-state index contributed by atoms with van der Waals surface area (Å²) in [4.78, 5) is 32.1. The summed E-state index contributed by atoms with van der Waals surface area (Å²) in [5.41, 5.74) is 1.76. The van der Waals surface area contributed by atoms with E-state index in [2.05, 4.69) is 27.3 Å². The number of likely N-dealkylation sites (N-methyl/N-ethyl adjacent to an activating group) is 1. The Morgan fingerprint density at radius 1 is 1.13 bits per heavy atom. The molecule has 0 aliphatic carbocycles. The number of hydrogen-bond acceptors (Lipinski definition) is 5. The van der Waals surface area contributed by atoms with E-state index in [1.165, 1.54) is 11.8 Å². The summed E-state index contributed by atoms with van der Waals surface area (Å²) in [6, 6.07) is 17.5. The minimum atomic E-state index is -0.0757. The number of fused-ring (bicyclic) bond motifs is 1. The largest absolute Gasteiger partial charge is 0.353 e. The van der Waals surface area contributed by atoms with Crippen LogP contribution < -0.4 is 10.9 Å². The number of rotatable bonds is 9. The van der Waals surface area contributed by atoms with Crippen molar-refractivity contribution in [1.29, 1.82) is 0 Å². The monoisotopic (exact) mass is 424 g/mol. The molecule has 158 valence electrons. The van der Waals surface area contributed by atoms with Gasteiger partial charge in [0.05, 0.1) is 22.7 Å². The predicted octanol–water partition coefficient (Wildman–Crippen LogP) is 3.32. The molecule has 0 spiro atoms. The lowest BCUT2D eigenvalue weighted by molar-refractivity contribution is -0.118. The van der Waals surface area contributed by atoms with Gasteiger partial charge in [0.1, 0.15) is 0 Å². The Morgan fingerprint density at radius 3 is 2.53 bits per heavy atom. The second kappa shape index (κ2) is 10.4. The Hall–Kier alpha value is -2.64. The van der Waals surface area contributed by atoms with Crippen LogP contribution in [-0.4, -0.2) is 46.8 Å². The van der Waals surface area contributed by atoms with Crippen molar-refractivity contribution >= 4 is 28.6 Å². The molecule has 0 saturated carbocycles. The van der Waals surface area contributed by atoms with Crippen LogP contribution in [-0.2, 0) is 11.3 Å². The lowest BCUT2D eigenvalue weighted by Crippen LogP contribution is -2.35. The number of nitrogens with zero attached hydrogens (tertiary/aromatic N) is 3. The molecular formula is C23H28N4O2S. The van der Waals surface area contributed by atoms with Gasteiger partial charge in [-0.05, 0) is 38.2 Å². The highest BCUT2D eigenvalue weighted by atomic mass is 32.2. The van der Waals surface area contributed by atoms with E-state index >= 15 is 0 Å². The summed E-state index contributed by atoms with van der Waals surface area (Å²) in [6.07, 6.45) is 0.821. The molecule has 1 N–H and O–H groups in total. The molecule has 0 saturated heterocycles. The Kier molecular flexibility index (Phi) is 7.65. The quantitative estimate of drug-likeness (QED) is 0.422. The number of carbonyl (C=O) groups is 1. The average Bonchev–Trinajstić information content (AvgIpc) is 2.75. The van der Waals surface area contributed by atoms with Crippen LogP contribution in [0.15, 0.2) is 64.5 Å². The van der Waals surface area contributed by atoms with Gasteiger partial charge in [0.25, 0.3) is 5.56 Å². The molecule has 3 aromatic rings. The van der Waals surface area contributed by atoms with E-state index in [-0.39, 0.29) is 23.3 Å². The first-order valence-corrected chi connectivity index (χ1v) is 11.1. The van der Waals surface area contributed by atoms with Crippen LogP contribution in [0.4, 0.5) is 0 Å². The van der Waals surface area contributed by atoms with Crippen LogP contribution in [0.1, 0.15) is 24.9 Å². The summed E-state index contributed by atoms with van der Waals surface area (Å²) in [5, 5.41) is 4.21. The molecule has 1 aromatic heterocycles. The van der Waals surface area contributed by atoms with Crippen LogP contribution in [0.25, 0.3) is 10.9 Å². The van der Waals surface area contributed by atoms with Gasteiger partial charge in [-0.2, -0.15) is 0 Å². The first-order valence-electron chi connectivity index (χ1n) is 10.1. The van der Waals surface area contributed by atoms with Gasteiger partial charge in [0.15, 0.2) is 5.16 Å². The smallest absolute Gasteiger partial charge is 0.262 e. The van der Waals surface area contributed by atoms with Gasteiger partial charge >= 0.3 is 0 Å². The molecule has 0 fully saturated rings. The second-order valence-corrected chi connectivity index (χ2v) is 8.29. The number of hydrogen-bond donors (Lipinski definition) is 1. The Bertz CT molecular complexity index is 1050. The molecule has 0 radical (unpaired) electrons. The van der Waals surface area contributed by atoms with Crippen LogP contribution >= 0.6 is 11.8 Å². The van der Waals surface area contributed by atoms with Crippen molar-refractivity contribution in [3.63, 3.8) is 0 Å². The minimum absolute atomic E-state index is 0.0536. The Morgan fingerprint density at radius 2 is 1.83 bits per heavy atom. The van der Waals surface area contributed by atoms with E-state index in [9.17, 15) is 9.59 Å². The molecule has 6 nitrogen and oxygen atoms in total. The van der Waals surface area contributed by atoms with Crippen LogP contribution in [0.5, 0.6) is 0 Å². The summed E-state index contributed by atoms with van der Waals surface area (Å²) < 4.78 is 1.67. The molecule has 0 aliphatic rings. The van der Waals surface area contributed by atoms with Gasteiger partial charge in [0.2, 0.25) is 5.91 Å². The maximum atomic E-state index is 12.8. The first kappa shape index (κ1) is 22.1. The van der Waals surface area contributed by atoms with Gasteiger partial charge in [-0.15, -0.1) is 0 Å². The fourth-order valence-electron chi connectivity index (χ4n) is 3.34. The van der Waals surface area contributed by atoms with Crippen molar-refractivity contribution < 1.29 is 4.79 Å². The standard InChI is InChI=1S/C23H28N4O2S/c1-4-14-27-22(29)18-12-8-9-13-19(18)25-23(27)30-16-21(28)24-15-20(26(2)3)17-10-6-5-7-11-17/h5-13,20H,4,14-16H2,1-3H3,(H,24,28)/t20-/m0/s1. The number of aromatic nitrogens is 2. The highest BCUT2D eigenvalue weighted by Gasteiger charge is 2.16. The fraction of sp³-hybridized carbons (Fsp3) is 0.348. The molecule has 0 unspecified atom stereocenters. The number of nitrogens with one attached hydrogen (secondary N) is 1. The molecule has 30 heavy (non-hydrogen) atoms. The van der Waals surface area contributed by atoms with Crippen LogP contribution in [0, 0.1) is 0 Å². The molecule has 7 heteroatoms. The van der Waals surface area contributed by atoms with Gasteiger partial charge in [0, 0.05) is 13.1 Å². The van der Waals surface area contributed by atoms with Crippen LogP contribution in [0.2, 0.25) is 0 Å². The molecule has 2 aromatic carbocycles. The summed E-state index contributed by atoms with van der Waals surface area (Å²) >= 11 is 1.31. The number of para-hydroxylation sites is 1. The van der Waals surface area contributed by atoms with Crippen molar-refractivity contribution in [2.45, 2.75) is 31.1 Å². The number of thioether (sulfide) groups is 1. The third-order valence-electron chi connectivity index (χ3n) is 4.91. The summed E-state index contributed by atoms with van der Waals surface area (Å²) in [5.74, 6) is 0.136. The topological polar surface area (TPSA) is 67.2 Å². The lowest BCUT2D eigenvalue weighted by Gasteiger charge is -2.25. The van der Waals surface area contributed by atoms with Gasteiger partial charge in [-0.25, -0.2) is 4.98 Å². The Labute approximate surface area is 181 Å². The van der Waals surface area contributed by atoms with Crippen LogP contribution in [0.3, 0.4) is 0 Å². The van der Waals surface area contributed by atoms with Crippen molar-refractivity contribution in [2.24, 2.45) is 0 Å². The van der Waals surface area contributed by atoms with Gasteiger partial charge in [-0.1, -0.05) is 61.2 Å². The molecule has 1 heterocycles. The van der Waals surface area contributed by atoms with Crippen molar-refractivity contribution in [3.05, 3.63) is 70.5 Å². The van der Waals surface area contributed by atoms with E-state index in [4.69, 9.17) is 0 Å². The zero-order valence-electron chi connectivity index (χ0n) is 17.7. The predicted molar refractivity (Wildman–Crippen MR) is 123 cm³/mol. The van der Waals surface area contributed by atoms with Gasteiger partial charge in [-0.3, -0.25) is 14.2 Å². The van der Waals surface area contributed by atoms with Crippen molar-refractivity contribution in [3.8, 4) is 0 Å². The van der Waals surface area contributed by atoms with E-state index in [0.717, 1.165) is 12.0 Å². The maximum Gasteiger partial charge on any atom is 0.262 e. The van der Waals surface area contributed by atoms with Gasteiger partial charge < -0.3 is 10.2 Å². The molecule has 0 aliphatic heterocycles. The summed E-state index contributed by atoms with van der Waals surface area (Å²) in [6.45, 7) is 3.12. The SMILES string of the molecule is CCCn1c(SCC(=O)NC[C@@H](c2ccccc2)N(C)C)nc2ccccc2c1=O. The molecule has 0 bridgehead atoms. The number of amides is 1. The second-order valence-electron chi connectivity index (χ2n) is 7.35. The number of benzene rings is 2. The zero-order valence-corrected chi connectivity index (χ0v) is 18.5. The normalized spacial score (nSPS) is 12.3. The zero-order chi connectivity index (χ0) is 21.5. The third kappa shape index (κ3) is 5.29. The average molecular weight is 425 g/mol. The Balaban J connectivity index is 1.69. The third-order valence-corrected chi connectivity index (χ3v) is 5.88. The lowest BCUT2D eigenvalue weighted by atomic mass is 10.1. The van der Waals surface area contributed by atoms with E-state index in [0.29, 0.717) is 29.1 Å². The molecule has 1 amide bonds. The fourth-order valence-corrected chi connectivity index (χ4v) is 4.20.